The number of ketones is 2. The number of fused-ring (bicyclic) bond motifs is 2. The van der Waals surface area contributed by atoms with E-state index in [0.717, 1.165) is 54.8 Å². The first-order valence-electron chi connectivity index (χ1n) is 24.0. The number of carbonyl (C=O) groups is 2. The first-order valence-corrected chi connectivity index (χ1v) is 27.3. The van der Waals surface area contributed by atoms with Crippen LogP contribution >= 0.6 is 0 Å². The van der Waals surface area contributed by atoms with Crippen LogP contribution in [-0.4, -0.2) is 82.9 Å². The van der Waals surface area contributed by atoms with E-state index in [1.54, 1.807) is 56.8 Å². The highest BCUT2D eigenvalue weighted by molar-refractivity contribution is 7.92. The zero-order valence-corrected chi connectivity index (χ0v) is 43.2. The SMILES string of the molecule is CCCS(=O)(=O)Nc1ccc(F)c(C(=O)c2c[nH]c3ncc(-c4ccc(C#CCC(CC)NC)nc4)cc23)c1F.CCCc1ccc(-c2cnc3[nH]cc(C(=O)c4c(F)ccc(NS(=O)(=O)CCC)c4F)c3c2)cn1. The molecule has 6 aromatic heterocycles. The van der Waals surface area contributed by atoms with Crippen molar-refractivity contribution >= 4 is 65.1 Å². The largest absolute Gasteiger partial charge is 0.345 e. The second kappa shape index (κ2) is 24.0. The molecule has 75 heavy (non-hydrogen) atoms. The monoisotopic (exact) mass is 1060 g/mol. The molecule has 21 heteroatoms. The van der Waals surface area contributed by atoms with E-state index in [4.69, 9.17) is 0 Å². The lowest BCUT2D eigenvalue weighted by Crippen LogP contribution is -2.23. The summed E-state index contributed by atoms with van der Waals surface area (Å²) in [4.78, 5) is 49.8. The number of carbonyl (C=O) groups excluding carboxylic acids is 2. The molecule has 1 atom stereocenters. The van der Waals surface area contributed by atoms with E-state index in [-0.39, 0.29) is 22.6 Å². The summed E-state index contributed by atoms with van der Waals surface area (Å²) in [5.74, 6) is -0.971. The van der Waals surface area contributed by atoms with Crippen LogP contribution in [0.1, 0.15) is 103 Å². The predicted octanol–water partition coefficient (Wildman–Crippen LogP) is 10.3. The van der Waals surface area contributed by atoms with Gasteiger partial charge in [-0.05, 0) is 93.2 Å². The summed E-state index contributed by atoms with van der Waals surface area (Å²) in [7, 11) is -5.80. The molecule has 390 valence electrons. The lowest BCUT2D eigenvalue weighted by molar-refractivity contribution is 0.102. The Hall–Kier alpha value is -7.80. The highest BCUT2D eigenvalue weighted by Gasteiger charge is 2.28. The Morgan fingerprint density at radius 3 is 1.51 bits per heavy atom. The van der Waals surface area contributed by atoms with Gasteiger partial charge in [0.25, 0.3) is 0 Å². The molecule has 0 saturated carbocycles. The van der Waals surface area contributed by atoms with Crippen molar-refractivity contribution in [2.75, 3.05) is 28.0 Å². The molecule has 8 rings (SSSR count). The third-order valence-corrected chi connectivity index (χ3v) is 14.8. The fraction of sp³-hybridized carbons (Fsp3) is 0.259. The van der Waals surface area contributed by atoms with Crippen LogP contribution in [0.4, 0.5) is 28.9 Å². The number of hydrogen-bond donors (Lipinski definition) is 5. The molecule has 8 aromatic rings. The Bertz CT molecular complexity index is 3690. The molecular weight excluding hydrogens is 1010 g/mol. The van der Waals surface area contributed by atoms with Crippen LogP contribution in [0.2, 0.25) is 0 Å². The number of rotatable bonds is 19. The Kier molecular flexibility index (Phi) is 17.6. The zero-order chi connectivity index (χ0) is 54.0. The van der Waals surface area contributed by atoms with Crippen molar-refractivity contribution in [1.82, 2.24) is 35.2 Å². The normalized spacial score (nSPS) is 11.9. The van der Waals surface area contributed by atoms with E-state index in [2.05, 4.69) is 70.4 Å². The van der Waals surface area contributed by atoms with Crippen LogP contribution in [0.15, 0.2) is 97.8 Å². The van der Waals surface area contributed by atoms with Gasteiger partial charge in [0.05, 0.1) is 34.0 Å². The number of hydrogen-bond acceptors (Lipinski definition) is 11. The van der Waals surface area contributed by atoms with Gasteiger partial charge in [-0.25, -0.2) is 49.3 Å². The number of H-pyrrole nitrogens is 2. The summed E-state index contributed by atoms with van der Waals surface area (Å²) in [6, 6.07) is 14.8. The van der Waals surface area contributed by atoms with Crippen molar-refractivity contribution in [1.29, 1.82) is 0 Å². The second-order valence-corrected chi connectivity index (χ2v) is 21.0. The van der Waals surface area contributed by atoms with Crippen LogP contribution < -0.4 is 14.8 Å². The van der Waals surface area contributed by atoms with Crippen molar-refractivity contribution in [2.45, 2.75) is 72.3 Å². The molecule has 5 N–H and O–H groups in total. The van der Waals surface area contributed by atoms with Gasteiger partial charge in [0.15, 0.2) is 11.6 Å². The van der Waals surface area contributed by atoms with Gasteiger partial charge in [0.1, 0.15) is 28.6 Å². The van der Waals surface area contributed by atoms with Crippen LogP contribution in [-0.2, 0) is 26.5 Å². The molecule has 0 aliphatic carbocycles. The summed E-state index contributed by atoms with van der Waals surface area (Å²) in [6.45, 7) is 7.47. The summed E-state index contributed by atoms with van der Waals surface area (Å²) in [5.41, 5.74) is 2.40. The van der Waals surface area contributed by atoms with Crippen molar-refractivity contribution in [3.8, 4) is 34.1 Å². The molecule has 0 spiro atoms. The van der Waals surface area contributed by atoms with E-state index in [0.29, 0.717) is 69.8 Å². The molecule has 0 fully saturated rings. The Balaban J connectivity index is 0.000000221. The molecule has 6 heterocycles. The molecular formula is C54H53F4N9O6S2. The molecule has 0 amide bonds. The van der Waals surface area contributed by atoms with Gasteiger partial charge < -0.3 is 15.3 Å². The average Bonchev–Trinajstić information content (AvgIpc) is 4.03. The van der Waals surface area contributed by atoms with Gasteiger partial charge in [-0.3, -0.25) is 24.0 Å². The van der Waals surface area contributed by atoms with Crippen LogP contribution in [0.25, 0.3) is 44.3 Å². The minimum atomic E-state index is -3.86. The Morgan fingerprint density at radius 2 is 1.09 bits per heavy atom. The van der Waals surface area contributed by atoms with Crippen molar-refractivity contribution in [2.24, 2.45) is 0 Å². The molecule has 15 nitrogen and oxygen atoms in total. The number of aromatic amines is 2. The number of benzene rings is 2. The third-order valence-electron chi connectivity index (χ3n) is 11.9. The summed E-state index contributed by atoms with van der Waals surface area (Å²) in [5, 5.41) is 3.92. The number of anilines is 2. The Labute approximate surface area is 431 Å². The maximum atomic E-state index is 15.3. The lowest BCUT2D eigenvalue weighted by Gasteiger charge is -2.11. The topological polar surface area (TPSA) is 222 Å². The summed E-state index contributed by atoms with van der Waals surface area (Å²) >= 11 is 0. The predicted molar refractivity (Wildman–Crippen MR) is 282 cm³/mol. The van der Waals surface area contributed by atoms with Gasteiger partial charge >= 0.3 is 0 Å². The van der Waals surface area contributed by atoms with Crippen molar-refractivity contribution < 1.29 is 44.0 Å². The minimum absolute atomic E-state index is 0.0104. The standard InChI is InChI=1S/C29H29F2N5O3S.C25H24F2N4O3S/c1-4-13-40(38,39)36-25-12-11-24(30)26(27(25)31)28(37)23-17-35-29-22(23)14-19(16-34-29)18-9-10-21(33-15-18)8-6-7-20(5-2)32-3;1-3-5-17-7-6-15(12-28-17)16-11-18-19(14-30-25(18)29-13-16)24(32)22-20(26)8-9-21(23(22)27)31-35(33,34)10-4-2/h9-12,14-17,20,32,36H,4-5,7,13H2,1-3H3,(H,34,35);6-9,11-14,31H,3-5,10H2,1-2H3,(H,29,30). The number of aromatic nitrogens is 6. The molecule has 0 saturated heterocycles. The molecule has 0 aliphatic heterocycles. The number of sulfonamides is 2. The fourth-order valence-electron chi connectivity index (χ4n) is 7.97. The van der Waals surface area contributed by atoms with Crippen LogP contribution in [0.3, 0.4) is 0 Å². The second-order valence-electron chi connectivity index (χ2n) is 17.3. The van der Waals surface area contributed by atoms with Gasteiger partial charge in [0, 0.05) is 99.5 Å². The maximum absolute atomic E-state index is 15.3. The Morgan fingerprint density at radius 1 is 0.613 bits per heavy atom. The van der Waals surface area contributed by atoms with Crippen molar-refractivity contribution in [3.05, 3.63) is 155 Å². The number of aryl methyl sites for hydroxylation is 1. The molecule has 2 aromatic carbocycles. The average molecular weight is 1060 g/mol. The first-order chi connectivity index (χ1) is 35.9. The van der Waals surface area contributed by atoms with Crippen LogP contribution in [0, 0.1) is 35.1 Å². The molecule has 0 bridgehead atoms. The highest BCUT2D eigenvalue weighted by Crippen LogP contribution is 2.32. The van der Waals surface area contributed by atoms with E-state index in [9.17, 15) is 35.2 Å². The lowest BCUT2D eigenvalue weighted by atomic mass is 10.00. The maximum Gasteiger partial charge on any atom is 0.232 e. The first kappa shape index (κ1) is 55.0. The number of pyridine rings is 4. The number of halogens is 4. The van der Waals surface area contributed by atoms with E-state index < -0.39 is 77.4 Å². The fourth-order valence-corrected chi connectivity index (χ4v) is 10.2. The third kappa shape index (κ3) is 12.9. The summed E-state index contributed by atoms with van der Waals surface area (Å²) in [6.07, 6.45) is 13.3. The molecule has 0 aliphatic rings. The highest BCUT2D eigenvalue weighted by atomic mass is 32.2. The minimum Gasteiger partial charge on any atom is -0.345 e. The summed E-state index contributed by atoms with van der Waals surface area (Å²) < 4.78 is 112. The molecule has 0 radical (unpaired) electrons. The van der Waals surface area contributed by atoms with Crippen molar-refractivity contribution in [3.63, 3.8) is 0 Å². The van der Waals surface area contributed by atoms with Gasteiger partial charge in [-0.1, -0.05) is 46.1 Å². The molecule has 1 unspecified atom stereocenters. The quantitative estimate of drug-likeness (QED) is 0.0291. The zero-order valence-electron chi connectivity index (χ0n) is 41.5. The number of nitrogens with one attached hydrogen (secondary N) is 5. The van der Waals surface area contributed by atoms with Gasteiger partial charge in [-0.2, -0.15) is 0 Å². The smallest absolute Gasteiger partial charge is 0.232 e. The van der Waals surface area contributed by atoms with Crippen LogP contribution in [0.5, 0.6) is 0 Å². The van der Waals surface area contributed by atoms with E-state index in [1.165, 1.54) is 12.4 Å². The van der Waals surface area contributed by atoms with Gasteiger partial charge in [0.2, 0.25) is 31.6 Å². The van der Waals surface area contributed by atoms with E-state index >= 15 is 8.78 Å². The van der Waals surface area contributed by atoms with E-state index in [1.807, 2.05) is 25.2 Å². The van der Waals surface area contributed by atoms with Gasteiger partial charge in [-0.15, -0.1) is 0 Å². The number of nitrogens with zero attached hydrogens (tertiary/aromatic N) is 4.